The molecule has 1 heterocycles. The molecular weight excluding hydrogens is 248 g/mol. The Morgan fingerprint density at radius 3 is 2.31 bits per heavy atom. The molecule has 9 nitrogen and oxygen atoms in total. The number of ether oxygens (including phenoxy) is 1. The third-order valence-corrected chi connectivity index (χ3v) is 2.64. The van der Waals surface area contributed by atoms with Gasteiger partial charge >= 0.3 is 7.82 Å². The van der Waals surface area contributed by atoms with Gasteiger partial charge in [-0.05, 0) is 0 Å². The summed E-state index contributed by atoms with van der Waals surface area (Å²) in [7, 11) is -4.73. The number of phosphoric acid groups is 1. The summed E-state index contributed by atoms with van der Waals surface area (Å²) in [6.07, 6.45) is -4.76. The maximum absolute atomic E-state index is 10.4. The van der Waals surface area contributed by atoms with E-state index in [-0.39, 0.29) is 0 Å². The van der Waals surface area contributed by atoms with Gasteiger partial charge in [0.1, 0.15) is 18.3 Å². The number of aliphatic hydroxyl groups excluding tert-OH is 3. The fourth-order valence-corrected chi connectivity index (χ4v) is 1.65. The van der Waals surface area contributed by atoms with Gasteiger partial charge in [-0.3, -0.25) is 4.52 Å². The van der Waals surface area contributed by atoms with Crippen molar-refractivity contribution in [2.75, 3.05) is 13.2 Å². The lowest BCUT2D eigenvalue weighted by atomic mass is 10.2. The Morgan fingerprint density at radius 2 is 1.94 bits per heavy atom. The zero-order valence-corrected chi connectivity index (χ0v) is 8.90. The van der Waals surface area contributed by atoms with Crippen molar-refractivity contribution in [2.24, 2.45) is 0 Å². The summed E-state index contributed by atoms with van der Waals surface area (Å²) in [6, 6.07) is 0. The van der Waals surface area contributed by atoms with Crippen molar-refractivity contribution in [3.63, 3.8) is 0 Å². The van der Waals surface area contributed by atoms with Gasteiger partial charge in [0.2, 0.25) is 5.79 Å². The lowest BCUT2D eigenvalue weighted by molar-refractivity contribution is -0.247. The Bertz CT molecular complexity index is 290. The topological polar surface area (TPSA) is 157 Å². The van der Waals surface area contributed by atoms with E-state index in [4.69, 9.17) is 14.9 Å². The van der Waals surface area contributed by atoms with Crippen LogP contribution in [0.3, 0.4) is 0 Å². The molecule has 1 aliphatic heterocycles. The molecule has 0 saturated carbocycles. The van der Waals surface area contributed by atoms with E-state index in [9.17, 15) is 19.9 Å². The molecule has 1 aliphatic rings. The number of rotatable bonds is 4. The molecule has 0 unspecified atom stereocenters. The highest BCUT2D eigenvalue weighted by Crippen LogP contribution is 2.38. The molecule has 0 radical (unpaired) electrons. The van der Waals surface area contributed by atoms with Crippen molar-refractivity contribution in [2.45, 2.75) is 24.1 Å². The maximum Gasteiger partial charge on any atom is 0.469 e. The minimum atomic E-state index is -4.73. The van der Waals surface area contributed by atoms with E-state index in [1.807, 2.05) is 0 Å². The van der Waals surface area contributed by atoms with Gasteiger partial charge in [-0.2, -0.15) is 0 Å². The monoisotopic (exact) mass is 261 g/mol. The van der Waals surface area contributed by atoms with E-state index in [2.05, 4.69) is 9.26 Å². The Morgan fingerprint density at radius 1 is 1.38 bits per heavy atom. The molecule has 1 saturated heterocycles. The molecule has 96 valence electrons. The number of hydrogen-bond acceptors (Lipinski definition) is 7. The van der Waals surface area contributed by atoms with Crippen molar-refractivity contribution >= 4 is 7.82 Å². The van der Waals surface area contributed by atoms with Crippen LogP contribution in [0.15, 0.2) is 0 Å². The quantitative estimate of drug-likeness (QED) is 0.228. The molecule has 0 aromatic carbocycles. The van der Waals surface area contributed by atoms with Crippen LogP contribution in [0.1, 0.15) is 0 Å². The molecule has 0 aromatic heterocycles. The predicted octanol–water partition coefficient (Wildman–Crippen LogP) is -3.10. The molecule has 0 aromatic rings. The van der Waals surface area contributed by atoms with E-state index in [0.29, 0.717) is 0 Å². The summed E-state index contributed by atoms with van der Waals surface area (Å²) in [5.74, 6) is -2.36. The first kappa shape index (κ1) is 14.0. The molecule has 0 bridgehead atoms. The average Bonchev–Trinajstić information content (AvgIpc) is 2.40. The first-order valence-electron chi connectivity index (χ1n) is 4.27. The van der Waals surface area contributed by atoms with E-state index in [1.165, 1.54) is 0 Å². The highest BCUT2D eigenvalue weighted by molar-refractivity contribution is 7.46. The zero-order chi connectivity index (χ0) is 12.6. The fourth-order valence-electron chi connectivity index (χ4n) is 1.31. The molecule has 1 rings (SSSR count). The van der Waals surface area contributed by atoms with Crippen LogP contribution in [0.2, 0.25) is 0 Å². The SMILES string of the molecule is O=P(O)(O)OC[C@H]1O[13C@@](O)(CO)[C@@H](O)[C@@H]1O. The van der Waals surface area contributed by atoms with Crippen LogP contribution in [0.25, 0.3) is 0 Å². The highest BCUT2D eigenvalue weighted by atomic mass is 31.2. The van der Waals surface area contributed by atoms with Crippen LogP contribution in [-0.2, 0) is 13.8 Å². The van der Waals surface area contributed by atoms with Crippen LogP contribution < -0.4 is 0 Å². The normalized spacial score (nSPS) is 40.2. The van der Waals surface area contributed by atoms with Crippen molar-refractivity contribution in [3.05, 3.63) is 0 Å². The minimum absolute atomic E-state index is 0.731. The standard InChI is InChI=1S/C6H13O9P/c7-2-6(10)5(9)4(8)3(15-6)1-14-16(11,12)13/h3-5,7-10H,1-2H2,(H2,11,12,13)/t3-,4-,5+,6+/m1/s1/i6+1. The van der Waals surface area contributed by atoms with Crippen molar-refractivity contribution in [1.82, 2.24) is 0 Å². The smallest absolute Gasteiger partial charge is 0.391 e. The molecule has 0 spiro atoms. The van der Waals surface area contributed by atoms with E-state index >= 15 is 0 Å². The van der Waals surface area contributed by atoms with Gasteiger partial charge in [-0.25, -0.2) is 4.57 Å². The highest BCUT2D eigenvalue weighted by Gasteiger charge is 2.53. The Kier molecular flexibility index (Phi) is 4.06. The van der Waals surface area contributed by atoms with E-state index in [0.717, 1.165) is 0 Å². The summed E-state index contributed by atoms with van der Waals surface area (Å²) < 4.78 is 19.1. The zero-order valence-electron chi connectivity index (χ0n) is 8.00. The average molecular weight is 261 g/mol. The van der Waals surface area contributed by atoms with E-state index < -0.39 is 45.1 Å². The van der Waals surface area contributed by atoms with Crippen molar-refractivity contribution in [3.8, 4) is 0 Å². The summed E-state index contributed by atoms with van der Waals surface area (Å²) in [5, 5.41) is 36.7. The Labute approximate surface area is 90.1 Å². The minimum Gasteiger partial charge on any atom is -0.391 e. The van der Waals surface area contributed by atoms with Gasteiger partial charge in [0.25, 0.3) is 0 Å². The molecule has 0 aliphatic carbocycles. The molecular formula is C6H13O9P. The third kappa shape index (κ3) is 2.98. The third-order valence-electron chi connectivity index (χ3n) is 2.16. The van der Waals surface area contributed by atoms with Crippen LogP contribution >= 0.6 is 7.82 Å². The second kappa shape index (κ2) is 4.65. The largest absolute Gasteiger partial charge is 0.469 e. The van der Waals surface area contributed by atoms with Gasteiger partial charge < -0.3 is 34.9 Å². The molecule has 1 fully saturated rings. The second-order valence-electron chi connectivity index (χ2n) is 3.38. The van der Waals surface area contributed by atoms with Gasteiger partial charge in [0.05, 0.1) is 13.2 Å². The van der Waals surface area contributed by atoms with Crippen LogP contribution in [0, 0.1) is 0 Å². The van der Waals surface area contributed by atoms with Crippen LogP contribution in [0.5, 0.6) is 0 Å². The van der Waals surface area contributed by atoms with Crippen molar-refractivity contribution in [1.29, 1.82) is 0 Å². The number of hydrogen-bond donors (Lipinski definition) is 6. The van der Waals surface area contributed by atoms with Gasteiger partial charge in [0.15, 0.2) is 0 Å². The fraction of sp³-hybridized carbons (Fsp3) is 1.00. The summed E-state index contributed by atoms with van der Waals surface area (Å²) in [6.45, 7) is -1.71. The van der Waals surface area contributed by atoms with Crippen LogP contribution in [0.4, 0.5) is 0 Å². The molecule has 6 N–H and O–H groups in total. The molecule has 4 atom stereocenters. The predicted molar refractivity (Wildman–Crippen MR) is 46.9 cm³/mol. The number of aliphatic hydroxyl groups is 4. The first-order valence-corrected chi connectivity index (χ1v) is 5.80. The summed E-state index contributed by atoms with van der Waals surface area (Å²) >= 11 is 0. The lowest BCUT2D eigenvalue weighted by Crippen LogP contribution is -2.46. The lowest BCUT2D eigenvalue weighted by Gasteiger charge is -2.22. The second-order valence-corrected chi connectivity index (χ2v) is 4.62. The Hall–Kier alpha value is -0.0900. The van der Waals surface area contributed by atoms with Gasteiger partial charge in [-0.1, -0.05) is 0 Å². The molecule has 0 amide bonds. The summed E-state index contributed by atoms with van der Waals surface area (Å²) in [4.78, 5) is 16.8. The first-order chi connectivity index (χ1) is 7.19. The number of phosphoric ester groups is 1. The Balaban J connectivity index is 2.61. The van der Waals surface area contributed by atoms with Crippen LogP contribution in [-0.4, -0.2) is 67.5 Å². The van der Waals surface area contributed by atoms with E-state index in [1.54, 1.807) is 0 Å². The summed E-state index contributed by atoms with van der Waals surface area (Å²) in [5.41, 5.74) is 0. The maximum atomic E-state index is 10.4. The van der Waals surface area contributed by atoms with Crippen molar-refractivity contribution < 1.29 is 44.0 Å². The van der Waals surface area contributed by atoms with Gasteiger partial charge in [-0.15, -0.1) is 0 Å². The molecule has 10 heteroatoms. The molecule has 16 heavy (non-hydrogen) atoms. The van der Waals surface area contributed by atoms with Gasteiger partial charge in [0, 0.05) is 0 Å².